The first-order valence-electron chi connectivity index (χ1n) is 10.5. The molecule has 0 aliphatic rings. The molecular weight excluding hydrogens is 472 g/mol. The number of anilines is 1. The zero-order valence-electron chi connectivity index (χ0n) is 18.9. The third-order valence-corrected chi connectivity index (χ3v) is 5.09. The van der Waals surface area contributed by atoms with Gasteiger partial charge in [-0.05, 0) is 67.4 Å². The van der Waals surface area contributed by atoms with Crippen LogP contribution < -0.4 is 14.8 Å². The number of hydrogen-bond acceptors (Lipinski definition) is 6. The van der Waals surface area contributed by atoms with Crippen molar-refractivity contribution in [1.82, 2.24) is 9.78 Å². The topological polar surface area (TPSA) is 109 Å². The molecule has 0 bridgehead atoms. The number of non-ortho nitro benzene ring substituents is 1. The molecule has 0 atom stereocenters. The maximum atomic E-state index is 12.7. The molecule has 1 amide bonds. The van der Waals surface area contributed by atoms with Crippen molar-refractivity contribution >= 4 is 28.9 Å². The monoisotopic (exact) mass is 492 g/mol. The van der Waals surface area contributed by atoms with Crippen molar-refractivity contribution in [3.05, 3.63) is 105 Å². The minimum Gasteiger partial charge on any atom is -0.471 e. The Kier molecular flexibility index (Phi) is 6.98. The van der Waals surface area contributed by atoms with Crippen molar-refractivity contribution in [2.75, 3.05) is 5.32 Å². The number of ether oxygens (including phenoxy) is 2. The predicted molar refractivity (Wildman–Crippen MR) is 131 cm³/mol. The van der Waals surface area contributed by atoms with Crippen LogP contribution >= 0.6 is 11.6 Å². The highest BCUT2D eigenvalue weighted by Crippen LogP contribution is 2.30. The number of aromatic nitrogens is 2. The first-order valence-corrected chi connectivity index (χ1v) is 10.9. The number of nitro benzene ring substituents is 1. The zero-order chi connectivity index (χ0) is 24.9. The summed E-state index contributed by atoms with van der Waals surface area (Å²) in [6.45, 7) is 4.08. The quantitative estimate of drug-likeness (QED) is 0.233. The summed E-state index contributed by atoms with van der Waals surface area (Å²) in [4.78, 5) is 23.5. The van der Waals surface area contributed by atoms with Crippen LogP contribution in [0.3, 0.4) is 0 Å². The van der Waals surface area contributed by atoms with E-state index in [1.807, 2.05) is 32.0 Å². The van der Waals surface area contributed by atoms with E-state index in [9.17, 15) is 14.9 Å². The Morgan fingerprint density at radius 2 is 1.71 bits per heavy atom. The number of benzene rings is 3. The average molecular weight is 493 g/mol. The molecule has 0 unspecified atom stereocenters. The maximum absolute atomic E-state index is 12.7. The Balaban J connectivity index is 1.46. The van der Waals surface area contributed by atoms with E-state index in [2.05, 4.69) is 10.4 Å². The molecule has 0 radical (unpaired) electrons. The van der Waals surface area contributed by atoms with Crippen LogP contribution in [0.5, 0.6) is 17.2 Å². The molecule has 1 N–H and O–H groups in total. The van der Waals surface area contributed by atoms with Crippen LogP contribution in [0.2, 0.25) is 5.02 Å². The second-order valence-electron chi connectivity index (χ2n) is 7.82. The molecule has 10 heteroatoms. The van der Waals surface area contributed by atoms with Gasteiger partial charge in [0, 0.05) is 23.4 Å². The SMILES string of the molecule is Cc1cc(C)cc(OCn2ccc(C(=O)Nc3cc(Oc4ccc(Cl)cc4)cc([N+](=O)[O-])c3)n2)c1. The Labute approximate surface area is 206 Å². The van der Waals surface area contributed by atoms with Gasteiger partial charge >= 0.3 is 0 Å². The van der Waals surface area contributed by atoms with Gasteiger partial charge in [-0.1, -0.05) is 17.7 Å². The van der Waals surface area contributed by atoms with Gasteiger partial charge in [0.05, 0.1) is 16.7 Å². The Morgan fingerprint density at radius 1 is 1.00 bits per heavy atom. The van der Waals surface area contributed by atoms with Gasteiger partial charge in [-0.15, -0.1) is 0 Å². The van der Waals surface area contributed by atoms with Crippen LogP contribution in [0, 0.1) is 24.0 Å². The lowest BCUT2D eigenvalue weighted by atomic mass is 10.1. The Hall–Kier alpha value is -4.37. The second kappa shape index (κ2) is 10.3. The van der Waals surface area contributed by atoms with E-state index in [-0.39, 0.29) is 29.5 Å². The van der Waals surface area contributed by atoms with Crippen LogP contribution in [0.25, 0.3) is 0 Å². The van der Waals surface area contributed by atoms with Crippen molar-refractivity contribution in [2.24, 2.45) is 0 Å². The highest BCUT2D eigenvalue weighted by Gasteiger charge is 2.16. The standard InChI is InChI=1S/C25H21ClN4O5/c1-16-9-17(2)11-22(10-16)34-15-29-8-7-24(28-29)25(31)27-19-12-20(30(32)33)14-23(13-19)35-21-5-3-18(26)4-6-21/h3-14H,15H2,1-2H3,(H,27,31). The van der Waals surface area contributed by atoms with E-state index in [1.54, 1.807) is 30.5 Å². The van der Waals surface area contributed by atoms with E-state index < -0.39 is 10.8 Å². The molecule has 0 fully saturated rings. The van der Waals surface area contributed by atoms with Gasteiger partial charge < -0.3 is 14.8 Å². The van der Waals surface area contributed by atoms with E-state index in [0.717, 1.165) is 11.1 Å². The molecule has 9 nitrogen and oxygen atoms in total. The fourth-order valence-corrected chi connectivity index (χ4v) is 3.49. The minimum atomic E-state index is -0.566. The maximum Gasteiger partial charge on any atom is 0.276 e. The summed E-state index contributed by atoms with van der Waals surface area (Å²) in [6, 6.07) is 17.9. The molecule has 178 valence electrons. The lowest BCUT2D eigenvalue weighted by Gasteiger charge is -2.09. The second-order valence-corrected chi connectivity index (χ2v) is 8.26. The lowest BCUT2D eigenvalue weighted by molar-refractivity contribution is -0.384. The molecule has 4 aromatic rings. The zero-order valence-corrected chi connectivity index (χ0v) is 19.7. The molecule has 4 rings (SSSR count). The number of hydrogen-bond donors (Lipinski definition) is 1. The smallest absolute Gasteiger partial charge is 0.276 e. The van der Waals surface area contributed by atoms with Crippen LogP contribution in [0.4, 0.5) is 11.4 Å². The molecule has 3 aromatic carbocycles. The number of nitrogens with zero attached hydrogens (tertiary/aromatic N) is 3. The third kappa shape index (κ3) is 6.36. The summed E-state index contributed by atoms with van der Waals surface area (Å²) in [7, 11) is 0. The number of carbonyl (C=O) groups is 1. The van der Waals surface area contributed by atoms with Gasteiger partial charge in [-0.3, -0.25) is 14.9 Å². The van der Waals surface area contributed by atoms with Crippen LogP contribution in [-0.4, -0.2) is 20.6 Å². The van der Waals surface area contributed by atoms with Crippen molar-refractivity contribution in [3.63, 3.8) is 0 Å². The van der Waals surface area contributed by atoms with Crippen molar-refractivity contribution in [1.29, 1.82) is 0 Å². The van der Waals surface area contributed by atoms with Crippen LogP contribution in [-0.2, 0) is 6.73 Å². The highest BCUT2D eigenvalue weighted by molar-refractivity contribution is 6.30. The number of aryl methyl sites for hydroxylation is 2. The molecule has 0 aliphatic heterocycles. The van der Waals surface area contributed by atoms with Gasteiger partial charge in [0.2, 0.25) is 0 Å². The first kappa shape index (κ1) is 23.8. The first-order chi connectivity index (χ1) is 16.7. The molecule has 35 heavy (non-hydrogen) atoms. The molecule has 1 aromatic heterocycles. The molecule has 0 saturated heterocycles. The molecule has 0 saturated carbocycles. The van der Waals surface area contributed by atoms with E-state index in [1.165, 1.54) is 28.9 Å². The summed E-state index contributed by atoms with van der Waals surface area (Å²) >= 11 is 5.88. The van der Waals surface area contributed by atoms with Gasteiger partial charge in [0.15, 0.2) is 12.4 Å². The molecule has 1 heterocycles. The number of nitrogens with one attached hydrogen (secondary N) is 1. The summed E-state index contributed by atoms with van der Waals surface area (Å²) in [5.74, 6) is 0.792. The highest BCUT2D eigenvalue weighted by atomic mass is 35.5. The molecule has 0 aliphatic carbocycles. The average Bonchev–Trinajstić information content (AvgIpc) is 3.28. The number of halogens is 1. The fraction of sp³-hybridized carbons (Fsp3) is 0.120. The van der Waals surface area contributed by atoms with Gasteiger partial charge in [0.25, 0.3) is 11.6 Å². The van der Waals surface area contributed by atoms with Gasteiger partial charge in [-0.25, -0.2) is 4.68 Å². The van der Waals surface area contributed by atoms with E-state index >= 15 is 0 Å². The largest absolute Gasteiger partial charge is 0.471 e. The summed E-state index contributed by atoms with van der Waals surface area (Å²) in [5.41, 5.74) is 2.24. The van der Waals surface area contributed by atoms with Crippen molar-refractivity contribution < 1.29 is 19.2 Å². The fourth-order valence-electron chi connectivity index (χ4n) is 3.37. The summed E-state index contributed by atoms with van der Waals surface area (Å²) in [6.07, 6.45) is 1.61. The summed E-state index contributed by atoms with van der Waals surface area (Å²) in [5, 5.41) is 18.8. The normalized spacial score (nSPS) is 10.6. The van der Waals surface area contributed by atoms with E-state index in [0.29, 0.717) is 16.5 Å². The Morgan fingerprint density at radius 3 is 2.40 bits per heavy atom. The molecule has 0 spiro atoms. The number of amides is 1. The minimum absolute atomic E-state index is 0.117. The van der Waals surface area contributed by atoms with Gasteiger partial charge in [0.1, 0.15) is 17.2 Å². The predicted octanol–water partition coefficient (Wildman–Crippen LogP) is 6.14. The summed E-state index contributed by atoms with van der Waals surface area (Å²) < 4.78 is 12.9. The number of rotatable bonds is 8. The lowest BCUT2D eigenvalue weighted by Crippen LogP contribution is -2.14. The number of carbonyl (C=O) groups excluding carboxylic acids is 1. The van der Waals surface area contributed by atoms with Crippen molar-refractivity contribution in [3.8, 4) is 17.2 Å². The van der Waals surface area contributed by atoms with Gasteiger partial charge in [-0.2, -0.15) is 5.10 Å². The van der Waals surface area contributed by atoms with Crippen LogP contribution in [0.15, 0.2) is 72.9 Å². The third-order valence-electron chi connectivity index (χ3n) is 4.84. The number of nitro groups is 1. The van der Waals surface area contributed by atoms with Crippen LogP contribution in [0.1, 0.15) is 21.6 Å². The molecular formula is C25H21ClN4O5. The van der Waals surface area contributed by atoms with Crippen molar-refractivity contribution in [2.45, 2.75) is 20.6 Å². The Bertz CT molecular complexity index is 1360. The van der Waals surface area contributed by atoms with E-state index in [4.69, 9.17) is 21.1 Å².